The normalized spacial score (nSPS) is 10.3. The van der Waals surface area contributed by atoms with Crippen LogP contribution in [0.25, 0.3) is 0 Å². The molecule has 0 aliphatic heterocycles. The first-order chi connectivity index (χ1) is 5.57. The summed E-state index contributed by atoms with van der Waals surface area (Å²) in [4.78, 5) is 4.32. The molecular formula is C9H13N3. The topological polar surface area (TPSA) is 41.6 Å². The standard InChI is InChI=1S/C9H13N3/c1-6(2)9-8(5-10)12(4)7(3)11-9/h6H,1-4H3. The van der Waals surface area contributed by atoms with Gasteiger partial charge >= 0.3 is 0 Å². The van der Waals surface area contributed by atoms with Crippen LogP contribution in [0.3, 0.4) is 0 Å². The molecule has 0 atom stereocenters. The summed E-state index contributed by atoms with van der Waals surface area (Å²) in [6.07, 6.45) is 0. The second-order valence-corrected chi connectivity index (χ2v) is 3.22. The van der Waals surface area contributed by atoms with E-state index in [0.717, 1.165) is 11.5 Å². The molecule has 0 unspecified atom stereocenters. The van der Waals surface area contributed by atoms with Gasteiger partial charge in [0.2, 0.25) is 0 Å². The predicted molar refractivity (Wildman–Crippen MR) is 46.7 cm³/mol. The van der Waals surface area contributed by atoms with E-state index in [9.17, 15) is 0 Å². The van der Waals surface area contributed by atoms with Crippen LogP contribution in [0.2, 0.25) is 0 Å². The van der Waals surface area contributed by atoms with Gasteiger partial charge in [0, 0.05) is 7.05 Å². The average molecular weight is 163 g/mol. The highest BCUT2D eigenvalue weighted by atomic mass is 15.1. The van der Waals surface area contributed by atoms with Gasteiger partial charge in [0.05, 0.1) is 5.69 Å². The van der Waals surface area contributed by atoms with Gasteiger partial charge in [0.15, 0.2) is 0 Å². The molecule has 0 radical (unpaired) electrons. The lowest BCUT2D eigenvalue weighted by molar-refractivity contribution is 0.820. The minimum Gasteiger partial charge on any atom is -0.323 e. The second-order valence-electron chi connectivity index (χ2n) is 3.22. The van der Waals surface area contributed by atoms with E-state index in [4.69, 9.17) is 5.26 Å². The van der Waals surface area contributed by atoms with Gasteiger partial charge < -0.3 is 4.57 Å². The first-order valence-corrected chi connectivity index (χ1v) is 4.01. The molecule has 0 bridgehead atoms. The number of rotatable bonds is 1. The molecule has 64 valence electrons. The molecule has 1 heterocycles. The number of hydrogen-bond acceptors (Lipinski definition) is 2. The van der Waals surface area contributed by atoms with Crippen molar-refractivity contribution in [2.75, 3.05) is 0 Å². The zero-order valence-corrected chi connectivity index (χ0v) is 7.92. The van der Waals surface area contributed by atoms with Crippen LogP contribution < -0.4 is 0 Å². The summed E-state index contributed by atoms with van der Waals surface area (Å²) < 4.78 is 1.83. The molecule has 0 aromatic carbocycles. The summed E-state index contributed by atoms with van der Waals surface area (Å²) in [5.74, 6) is 1.22. The van der Waals surface area contributed by atoms with Gasteiger partial charge in [-0.1, -0.05) is 13.8 Å². The Bertz CT molecular complexity index is 328. The lowest BCUT2D eigenvalue weighted by atomic mass is 10.1. The molecule has 0 spiro atoms. The Labute approximate surface area is 72.7 Å². The van der Waals surface area contributed by atoms with Crippen molar-refractivity contribution < 1.29 is 0 Å². The Hall–Kier alpha value is -1.30. The molecule has 1 aromatic heterocycles. The lowest BCUT2D eigenvalue weighted by Crippen LogP contribution is -1.96. The van der Waals surface area contributed by atoms with Gasteiger partial charge in [0.1, 0.15) is 17.6 Å². The van der Waals surface area contributed by atoms with Crippen molar-refractivity contribution in [1.82, 2.24) is 9.55 Å². The number of hydrogen-bond donors (Lipinski definition) is 0. The van der Waals surface area contributed by atoms with Crippen LogP contribution in [0.1, 0.15) is 37.0 Å². The minimum atomic E-state index is 0.319. The van der Waals surface area contributed by atoms with Gasteiger partial charge in [0.25, 0.3) is 0 Å². The summed E-state index contributed by atoms with van der Waals surface area (Å²) in [5, 5.41) is 8.85. The fraction of sp³-hybridized carbons (Fsp3) is 0.556. The zero-order valence-electron chi connectivity index (χ0n) is 7.92. The molecule has 3 nitrogen and oxygen atoms in total. The molecule has 0 amide bonds. The second kappa shape index (κ2) is 2.98. The summed E-state index contributed by atoms with van der Waals surface area (Å²) in [6, 6.07) is 2.17. The Morgan fingerprint density at radius 1 is 1.50 bits per heavy atom. The summed E-state index contributed by atoms with van der Waals surface area (Å²) in [7, 11) is 1.87. The van der Waals surface area contributed by atoms with E-state index in [1.165, 1.54) is 0 Å². The highest BCUT2D eigenvalue weighted by Crippen LogP contribution is 2.17. The van der Waals surface area contributed by atoms with E-state index >= 15 is 0 Å². The van der Waals surface area contributed by atoms with E-state index in [2.05, 4.69) is 11.1 Å². The summed E-state index contributed by atoms with van der Waals surface area (Å²) in [5.41, 5.74) is 1.58. The number of nitriles is 1. The number of aromatic nitrogens is 2. The summed E-state index contributed by atoms with van der Waals surface area (Å²) in [6.45, 7) is 6.00. The highest BCUT2D eigenvalue weighted by Gasteiger charge is 2.13. The van der Waals surface area contributed by atoms with Crippen molar-refractivity contribution in [2.45, 2.75) is 26.7 Å². The highest BCUT2D eigenvalue weighted by molar-refractivity contribution is 5.31. The molecule has 1 rings (SSSR count). The van der Waals surface area contributed by atoms with Crippen LogP contribution >= 0.6 is 0 Å². The van der Waals surface area contributed by atoms with Crippen molar-refractivity contribution in [1.29, 1.82) is 5.26 Å². The summed E-state index contributed by atoms with van der Waals surface area (Å²) >= 11 is 0. The van der Waals surface area contributed by atoms with Crippen LogP contribution in [-0.4, -0.2) is 9.55 Å². The van der Waals surface area contributed by atoms with E-state index < -0.39 is 0 Å². The maximum absolute atomic E-state index is 8.85. The Kier molecular flexibility index (Phi) is 2.18. The van der Waals surface area contributed by atoms with Crippen LogP contribution in [0.5, 0.6) is 0 Å². The zero-order chi connectivity index (χ0) is 9.30. The molecule has 12 heavy (non-hydrogen) atoms. The first kappa shape index (κ1) is 8.79. The van der Waals surface area contributed by atoms with Gasteiger partial charge in [-0.2, -0.15) is 5.26 Å². The van der Waals surface area contributed by atoms with Gasteiger partial charge in [-0.05, 0) is 12.8 Å². The van der Waals surface area contributed by atoms with Crippen molar-refractivity contribution in [2.24, 2.45) is 7.05 Å². The number of imidazole rings is 1. The largest absolute Gasteiger partial charge is 0.323 e. The van der Waals surface area contributed by atoms with Crippen LogP contribution in [0.4, 0.5) is 0 Å². The fourth-order valence-corrected chi connectivity index (χ4v) is 1.17. The number of nitrogens with zero attached hydrogens (tertiary/aromatic N) is 3. The van der Waals surface area contributed by atoms with E-state index in [1.54, 1.807) is 0 Å². The predicted octanol–water partition coefficient (Wildman–Crippen LogP) is 1.72. The van der Waals surface area contributed by atoms with Crippen molar-refractivity contribution in [3.05, 3.63) is 17.2 Å². The van der Waals surface area contributed by atoms with E-state index in [1.807, 2.05) is 32.4 Å². The number of aryl methyl sites for hydroxylation is 1. The van der Waals surface area contributed by atoms with E-state index in [0.29, 0.717) is 11.6 Å². The minimum absolute atomic E-state index is 0.319. The van der Waals surface area contributed by atoms with Crippen molar-refractivity contribution in [3.8, 4) is 6.07 Å². The van der Waals surface area contributed by atoms with Gasteiger partial charge in [-0.15, -0.1) is 0 Å². The first-order valence-electron chi connectivity index (χ1n) is 4.01. The third-order valence-corrected chi connectivity index (χ3v) is 2.00. The molecule has 0 aliphatic carbocycles. The smallest absolute Gasteiger partial charge is 0.143 e. The lowest BCUT2D eigenvalue weighted by Gasteiger charge is -1.99. The molecule has 0 aliphatic rings. The van der Waals surface area contributed by atoms with Gasteiger partial charge in [-0.3, -0.25) is 0 Å². The quantitative estimate of drug-likeness (QED) is 0.632. The van der Waals surface area contributed by atoms with Crippen LogP contribution in [-0.2, 0) is 7.05 Å². The third-order valence-electron chi connectivity index (χ3n) is 2.00. The molecule has 0 saturated carbocycles. The maximum atomic E-state index is 8.85. The SMILES string of the molecule is Cc1nc(C(C)C)c(C#N)n1C. The Balaban J connectivity index is 3.32. The Morgan fingerprint density at radius 3 is 2.42 bits per heavy atom. The maximum Gasteiger partial charge on any atom is 0.143 e. The Morgan fingerprint density at radius 2 is 2.08 bits per heavy atom. The third kappa shape index (κ3) is 1.20. The molecule has 0 fully saturated rings. The molecule has 0 N–H and O–H groups in total. The fourth-order valence-electron chi connectivity index (χ4n) is 1.17. The molecule has 1 aromatic rings. The van der Waals surface area contributed by atoms with Crippen LogP contribution in [0, 0.1) is 18.3 Å². The monoisotopic (exact) mass is 163 g/mol. The molecule has 0 saturated heterocycles. The van der Waals surface area contributed by atoms with Crippen molar-refractivity contribution in [3.63, 3.8) is 0 Å². The average Bonchev–Trinajstić information content (AvgIpc) is 2.29. The molecular weight excluding hydrogens is 150 g/mol. The van der Waals surface area contributed by atoms with Crippen LogP contribution in [0.15, 0.2) is 0 Å². The van der Waals surface area contributed by atoms with E-state index in [-0.39, 0.29) is 0 Å². The van der Waals surface area contributed by atoms with Gasteiger partial charge in [-0.25, -0.2) is 4.98 Å². The molecule has 3 heteroatoms. The van der Waals surface area contributed by atoms with Crippen molar-refractivity contribution >= 4 is 0 Å².